The van der Waals surface area contributed by atoms with E-state index in [9.17, 15) is 9.59 Å². The van der Waals surface area contributed by atoms with Crippen LogP contribution in [0.4, 0.5) is 0 Å². The van der Waals surface area contributed by atoms with E-state index in [0.717, 1.165) is 12.2 Å². The maximum Gasteiger partial charge on any atom is 0.330 e. The topological polar surface area (TPSA) is 52.6 Å². The van der Waals surface area contributed by atoms with E-state index in [-0.39, 0.29) is 5.97 Å². The molecule has 0 aromatic carbocycles. The van der Waals surface area contributed by atoms with Crippen molar-refractivity contribution in [3.05, 3.63) is 51.6 Å². The smallest absolute Gasteiger partial charge is 0.330 e. The van der Waals surface area contributed by atoms with Crippen molar-refractivity contribution in [2.75, 3.05) is 13.7 Å². The van der Waals surface area contributed by atoms with E-state index >= 15 is 0 Å². The standard InChI is InChI=1S/C5H8O2.C4H6O2.2C2H4/c1-3-5(6)7-4-2;1-3-4(5)6-2;2*1-2/h3H,1,4H2,2H3;3H,1H2,2H3;2*1-2H2. The molecule has 0 radical (unpaired) electrons. The van der Waals surface area contributed by atoms with Crippen molar-refractivity contribution >= 4 is 11.9 Å². The highest BCUT2D eigenvalue weighted by Gasteiger charge is 1.86. The molecule has 0 aromatic heterocycles. The summed E-state index contributed by atoms with van der Waals surface area (Å²) in [6, 6.07) is 0. The van der Waals surface area contributed by atoms with Crippen LogP contribution in [0.5, 0.6) is 0 Å². The largest absolute Gasteiger partial charge is 0.466 e. The van der Waals surface area contributed by atoms with E-state index < -0.39 is 5.97 Å². The molecule has 0 unspecified atom stereocenters. The van der Waals surface area contributed by atoms with Crippen LogP contribution in [0.1, 0.15) is 6.92 Å². The van der Waals surface area contributed by atoms with Gasteiger partial charge in [0, 0.05) is 12.2 Å². The number of hydrogen-bond donors (Lipinski definition) is 0. The van der Waals surface area contributed by atoms with Crippen LogP contribution in [0, 0.1) is 0 Å². The molecule has 0 bridgehead atoms. The molecular formula is C13H22O4. The van der Waals surface area contributed by atoms with Crippen LogP contribution in [0.25, 0.3) is 0 Å². The fourth-order valence-corrected chi connectivity index (χ4v) is 0.285. The van der Waals surface area contributed by atoms with E-state index in [2.05, 4.69) is 48.9 Å². The van der Waals surface area contributed by atoms with Gasteiger partial charge in [0.1, 0.15) is 0 Å². The second-order valence-corrected chi connectivity index (χ2v) is 1.68. The first kappa shape index (κ1) is 24.2. The minimum Gasteiger partial charge on any atom is -0.466 e. The molecule has 0 aliphatic rings. The average molecular weight is 242 g/mol. The molecule has 0 N–H and O–H groups in total. The Morgan fingerprint density at radius 3 is 1.41 bits per heavy atom. The van der Waals surface area contributed by atoms with Crippen LogP contribution in [-0.4, -0.2) is 25.7 Å². The Balaban J connectivity index is -0.0000000772. The number of carbonyl (C=O) groups excluding carboxylic acids is 2. The normalized spacial score (nSPS) is 6.00. The SMILES string of the molecule is C=C.C=C.C=CC(=O)OC.C=CC(=O)OCC. The minimum absolute atomic E-state index is 0.359. The molecule has 0 heterocycles. The Morgan fingerprint density at radius 1 is 1.00 bits per heavy atom. The fraction of sp³-hybridized carbons (Fsp3) is 0.231. The molecule has 0 aromatic rings. The summed E-state index contributed by atoms with van der Waals surface area (Å²) in [5, 5.41) is 0. The molecule has 17 heavy (non-hydrogen) atoms. The van der Waals surface area contributed by atoms with Crippen LogP contribution in [0.3, 0.4) is 0 Å². The highest BCUT2D eigenvalue weighted by molar-refractivity contribution is 5.81. The first-order valence-electron chi connectivity index (χ1n) is 4.61. The quantitative estimate of drug-likeness (QED) is 0.434. The van der Waals surface area contributed by atoms with Crippen LogP contribution in [0.15, 0.2) is 51.6 Å². The van der Waals surface area contributed by atoms with Gasteiger partial charge in [0.25, 0.3) is 0 Å². The molecular weight excluding hydrogens is 220 g/mol. The van der Waals surface area contributed by atoms with E-state index in [1.165, 1.54) is 7.11 Å². The van der Waals surface area contributed by atoms with E-state index in [1.807, 2.05) is 0 Å². The van der Waals surface area contributed by atoms with E-state index in [1.54, 1.807) is 6.92 Å². The third-order valence-corrected chi connectivity index (χ3v) is 0.821. The lowest BCUT2D eigenvalue weighted by molar-refractivity contribution is -0.137. The van der Waals surface area contributed by atoms with E-state index in [4.69, 9.17) is 0 Å². The highest BCUT2D eigenvalue weighted by Crippen LogP contribution is 1.74. The number of carbonyl (C=O) groups is 2. The lowest BCUT2D eigenvalue weighted by atomic mass is 10.6. The van der Waals surface area contributed by atoms with Gasteiger partial charge in [-0.3, -0.25) is 0 Å². The maximum atomic E-state index is 10.1. The summed E-state index contributed by atoms with van der Waals surface area (Å²) >= 11 is 0. The summed E-state index contributed by atoms with van der Waals surface area (Å²) in [7, 11) is 1.31. The predicted molar refractivity (Wildman–Crippen MR) is 71.6 cm³/mol. The molecule has 0 atom stereocenters. The van der Waals surface area contributed by atoms with Gasteiger partial charge in [0.2, 0.25) is 0 Å². The van der Waals surface area contributed by atoms with Crippen molar-refractivity contribution in [3.63, 3.8) is 0 Å². The first-order chi connectivity index (χ1) is 8.12. The first-order valence-corrected chi connectivity index (χ1v) is 4.61. The number of ether oxygens (including phenoxy) is 2. The molecule has 0 saturated heterocycles. The van der Waals surface area contributed by atoms with Crippen molar-refractivity contribution in [2.24, 2.45) is 0 Å². The molecule has 98 valence electrons. The Kier molecular flexibility index (Phi) is 41.6. The van der Waals surface area contributed by atoms with Gasteiger partial charge in [-0.1, -0.05) is 13.2 Å². The third-order valence-electron chi connectivity index (χ3n) is 0.821. The summed E-state index contributed by atoms with van der Waals surface area (Å²) in [6.45, 7) is 20.5. The van der Waals surface area contributed by atoms with Crippen molar-refractivity contribution in [1.29, 1.82) is 0 Å². The second-order valence-electron chi connectivity index (χ2n) is 1.68. The van der Waals surface area contributed by atoms with Gasteiger partial charge in [0.05, 0.1) is 13.7 Å². The van der Waals surface area contributed by atoms with Crippen molar-refractivity contribution < 1.29 is 19.1 Å². The number of rotatable bonds is 3. The highest BCUT2D eigenvalue weighted by atomic mass is 16.5. The second kappa shape index (κ2) is 29.2. The van der Waals surface area contributed by atoms with E-state index in [0.29, 0.717) is 6.61 Å². The third kappa shape index (κ3) is 41.3. The van der Waals surface area contributed by atoms with Gasteiger partial charge < -0.3 is 9.47 Å². The average Bonchev–Trinajstić information content (AvgIpc) is 2.43. The molecule has 0 saturated carbocycles. The molecule has 0 aliphatic heterocycles. The fourth-order valence-electron chi connectivity index (χ4n) is 0.285. The van der Waals surface area contributed by atoms with Crippen LogP contribution < -0.4 is 0 Å². The number of esters is 2. The van der Waals surface area contributed by atoms with Crippen molar-refractivity contribution in [3.8, 4) is 0 Å². The van der Waals surface area contributed by atoms with Gasteiger partial charge in [0.15, 0.2) is 0 Å². The van der Waals surface area contributed by atoms with Gasteiger partial charge >= 0.3 is 11.9 Å². The number of hydrogen-bond acceptors (Lipinski definition) is 4. The molecule has 4 nitrogen and oxygen atoms in total. The maximum absolute atomic E-state index is 10.1. The Labute approximate surface area is 104 Å². The van der Waals surface area contributed by atoms with Gasteiger partial charge in [-0.2, -0.15) is 0 Å². The molecule has 0 amide bonds. The van der Waals surface area contributed by atoms with Crippen molar-refractivity contribution in [2.45, 2.75) is 6.92 Å². The van der Waals surface area contributed by atoms with Gasteiger partial charge in [-0.05, 0) is 6.92 Å². The minimum atomic E-state index is -0.394. The zero-order valence-corrected chi connectivity index (χ0v) is 10.7. The zero-order chi connectivity index (χ0) is 14.7. The summed E-state index contributed by atoms with van der Waals surface area (Å²) in [5.41, 5.74) is 0. The summed E-state index contributed by atoms with van der Waals surface area (Å²) < 4.78 is 8.58. The van der Waals surface area contributed by atoms with Crippen LogP contribution in [0.2, 0.25) is 0 Å². The molecule has 0 spiro atoms. The van der Waals surface area contributed by atoms with Crippen LogP contribution in [-0.2, 0) is 19.1 Å². The molecule has 0 rings (SSSR count). The lowest BCUT2D eigenvalue weighted by Gasteiger charge is -1.90. The van der Waals surface area contributed by atoms with Gasteiger partial charge in [-0.25, -0.2) is 9.59 Å². The molecule has 0 aliphatic carbocycles. The Morgan fingerprint density at radius 2 is 1.35 bits per heavy atom. The van der Waals surface area contributed by atoms with Gasteiger partial charge in [-0.15, -0.1) is 26.3 Å². The zero-order valence-electron chi connectivity index (χ0n) is 10.7. The van der Waals surface area contributed by atoms with Crippen LogP contribution >= 0.6 is 0 Å². The van der Waals surface area contributed by atoms with Crippen molar-refractivity contribution in [1.82, 2.24) is 0 Å². The summed E-state index contributed by atoms with van der Waals surface area (Å²) in [6.07, 6.45) is 2.25. The monoisotopic (exact) mass is 242 g/mol. The lowest BCUT2D eigenvalue weighted by Crippen LogP contribution is -1.97. The predicted octanol–water partition coefficient (Wildman–Crippen LogP) is 2.69. The Bertz CT molecular complexity index is 207. The molecule has 0 fully saturated rings. The Hall–Kier alpha value is -2.10. The summed E-state index contributed by atoms with van der Waals surface area (Å²) in [5.74, 6) is -0.752. The number of methoxy groups -OCH3 is 1. The molecule has 4 heteroatoms. The summed E-state index contributed by atoms with van der Waals surface area (Å²) in [4.78, 5) is 19.9.